The van der Waals surface area contributed by atoms with Gasteiger partial charge in [0.2, 0.25) is 11.7 Å². The number of rotatable bonds is 11. The van der Waals surface area contributed by atoms with Gasteiger partial charge in [-0.25, -0.2) is 0 Å². The molecule has 28 heavy (non-hydrogen) atoms. The van der Waals surface area contributed by atoms with E-state index in [1.807, 2.05) is 6.92 Å². The lowest BCUT2D eigenvalue weighted by Crippen LogP contribution is -2.36. The number of para-hydroxylation sites is 1. The van der Waals surface area contributed by atoms with Crippen LogP contribution < -0.4 is 19.5 Å². The van der Waals surface area contributed by atoms with Gasteiger partial charge in [-0.05, 0) is 24.6 Å². The smallest absolute Gasteiger partial charge is 0.230 e. The molecule has 0 spiro atoms. The Kier molecular flexibility index (Phi) is 8.97. The van der Waals surface area contributed by atoms with E-state index in [2.05, 4.69) is 29.6 Å². The SMILES string of the molecule is COc1cccc(OC)c1OC[C@H](O)CNC(=O)CSCc1ccc(C)cc1. The average molecular weight is 406 g/mol. The molecule has 1 amide bonds. The van der Waals surface area contributed by atoms with Crippen molar-refractivity contribution in [1.29, 1.82) is 0 Å². The topological polar surface area (TPSA) is 77.0 Å². The zero-order chi connectivity index (χ0) is 20.4. The predicted molar refractivity (Wildman–Crippen MR) is 111 cm³/mol. The van der Waals surface area contributed by atoms with Crippen molar-refractivity contribution in [3.8, 4) is 17.2 Å². The van der Waals surface area contributed by atoms with Crippen LogP contribution >= 0.6 is 11.8 Å². The summed E-state index contributed by atoms with van der Waals surface area (Å²) in [5.74, 6) is 2.44. The van der Waals surface area contributed by atoms with Gasteiger partial charge in [-0.3, -0.25) is 4.79 Å². The zero-order valence-electron chi connectivity index (χ0n) is 16.4. The van der Waals surface area contributed by atoms with Crippen LogP contribution in [0, 0.1) is 6.92 Å². The van der Waals surface area contributed by atoms with Gasteiger partial charge >= 0.3 is 0 Å². The van der Waals surface area contributed by atoms with Crippen LogP contribution in [0.2, 0.25) is 0 Å². The lowest BCUT2D eigenvalue weighted by Gasteiger charge is -2.17. The Morgan fingerprint density at radius 1 is 1.11 bits per heavy atom. The number of methoxy groups -OCH3 is 2. The first-order valence-electron chi connectivity index (χ1n) is 8.95. The molecule has 2 rings (SSSR count). The number of amides is 1. The highest BCUT2D eigenvalue weighted by Crippen LogP contribution is 2.36. The van der Waals surface area contributed by atoms with E-state index in [-0.39, 0.29) is 19.1 Å². The molecular formula is C21H27NO5S. The van der Waals surface area contributed by atoms with Gasteiger partial charge in [0, 0.05) is 12.3 Å². The number of thioether (sulfide) groups is 1. The number of ether oxygens (including phenoxy) is 3. The van der Waals surface area contributed by atoms with Crippen molar-refractivity contribution < 1.29 is 24.1 Å². The van der Waals surface area contributed by atoms with Crippen LogP contribution in [0.3, 0.4) is 0 Å². The Hall–Kier alpha value is -2.38. The molecule has 0 aliphatic carbocycles. The first-order valence-corrected chi connectivity index (χ1v) is 10.1. The number of benzene rings is 2. The minimum absolute atomic E-state index is 0.00746. The lowest BCUT2D eigenvalue weighted by molar-refractivity contribution is -0.119. The molecule has 6 nitrogen and oxygen atoms in total. The molecule has 152 valence electrons. The number of aryl methyl sites for hydroxylation is 1. The maximum atomic E-state index is 11.9. The van der Waals surface area contributed by atoms with Crippen LogP contribution in [-0.4, -0.2) is 50.2 Å². The Morgan fingerprint density at radius 3 is 2.36 bits per heavy atom. The van der Waals surface area contributed by atoms with E-state index in [0.29, 0.717) is 23.0 Å². The Labute approximate surface area is 170 Å². The Bertz CT molecular complexity index is 729. The molecule has 0 bridgehead atoms. The van der Waals surface area contributed by atoms with Crippen molar-refractivity contribution in [3.05, 3.63) is 53.6 Å². The van der Waals surface area contributed by atoms with Crippen LogP contribution in [0.4, 0.5) is 0 Å². The molecule has 0 saturated heterocycles. The fraction of sp³-hybridized carbons (Fsp3) is 0.381. The van der Waals surface area contributed by atoms with Crippen LogP contribution in [-0.2, 0) is 10.5 Å². The molecule has 0 heterocycles. The number of hydrogen-bond acceptors (Lipinski definition) is 6. The van der Waals surface area contributed by atoms with Gasteiger partial charge < -0.3 is 24.6 Å². The van der Waals surface area contributed by atoms with E-state index in [0.717, 1.165) is 5.75 Å². The molecular weight excluding hydrogens is 378 g/mol. The van der Waals surface area contributed by atoms with E-state index < -0.39 is 6.10 Å². The molecule has 0 saturated carbocycles. The van der Waals surface area contributed by atoms with Gasteiger partial charge in [-0.15, -0.1) is 11.8 Å². The Balaban J connectivity index is 1.70. The second kappa shape index (κ2) is 11.5. The normalized spacial score (nSPS) is 11.6. The third kappa shape index (κ3) is 6.98. The minimum Gasteiger partial charge on any atom is -0.493 e. The first-order chi connectivity index (χ1) is 13.5. The fourth-order valence-corrected chi connectivity index (χ4v) is 3.24. The molecule has 1 atom stereocenters. The zero-order valence-corrected chi connectivity index (χ0v) is 17.3. The number of aliphatic hydroxyl groups excluding tert-OH is 1. The predicted octanol–water partition coefficient (Wildman–Crippen LogP) is 2.80. The van der Waals surface area contributed by atoms with Crippen molar-refractivity contribution in [1.82, 2.24) is 5.32 Å². The molecule has 0 aliphatic heterocycles. The van der Waals surface area contributed by atoms with Gasteiger partial charge in [0.1, 0.15) is 12.7 Å². The quantitative estimate of drug-likeness (QED) is 0.599. The number of hydrogen-bond donors (Lipinski definition) is 2. The molecule has 2 aromatic carbocycles. The molecule has 0 unspecified atom stereocenters. The van der Waals surface area contributed by atoms with Gasteiger partial charge in [0.15, 0.2) is 11.5 Å². The highest BCUT2D eigenvalue weighted by atomic mass is 32.2. The van der Waals surface area contributed by atoms with Crippen molar-refractivity contribution in [2.24, 2.45) is 0 Å². The summed E-state index contributed by atoms with van der Waals surface area (Å²) in [5, 5.41) is 12.8. The summed E-state index contributed by atoms with van der Waals surface area (Å²) in [6, 6.07) is 13.5. The molecule has 0 aliphatic rings. The van der Waals surface area contributed by atoms with Crippen LogP contribution in [0.1, 0.15) is 11.1 Å². The van der Waals surface area contributed by atoms with E-state index in [4.69, 9.17) is 14.2 Å². The van der Waals surface area contributed by atoms with Crippen LogP contribution in [0.5, 0.6) is 17.2 Å². The van der Waals surface area contributed by atoms with Crippen molar-refractivity contribution in [2.75, 3.05) is 33.1 Å². The molecule has 7 heteroatoms. The first kappa shape index (κ1) is 21.9. The summed E-state index contributed by atoms with van der Waals surface area (Å²) in [6.07, 6.45) is -0.847. The minimum atomic E-state index is -0.847. The number of carbonyl (C=O) groups is 1. The van der Waals surface area contributed by atoms with Crippen molar-refractivity contribution in [2.45, 2.75) is 18.8 Å². The lowest BCUT2D eigenvalue weighted by atomic mass is 10.2. The van der Waals surface area contributed by atoms with Crippen molar-refractivity contribution >= 4 is 17.7 Å². The highest BCUT2D eigenvalue weighted by Gasteiger charge is 2.14. The average Bonchev–Trinajstić information content (AvgIpc) is 2.71. The largest absolute Gasteiger partial charge is 0.493 e. The third-order valence-corrected chi connectivity index (χ3v) is 4.96. The highest BCUT2D eigenvalue weighted by molar-refractivity contribution is 7.99. The molecule has 0 aromatic heterocycles. The van der Waals surface area contributed by atoms with E-state index in [1.165, 1.54) is 37.1 Å². The van der Waals surface area contributed by atoms with Crippen LogP contribution in [0.15, 0.2) is 42.5 Å². The molecule has 0 fully saturated rings. The number of aliphatic hydroxyl groups is 1. The molecule has 2 aromatic rings. The summed E-state index contributed by atoms with van der Waals surface area (Å²) in [6.45, 7) is 2.16. The second-order valence-corrected chi connectivity index (χ2v) is 7.22. The maximum absolute atomic E-state index is 11.9. The van der Waals surface area contributed by atoms with E-state index >= 15 is 0 Å². The van der Waals surface area contributed by atoms with E-state index in [9.17, 15) is 9.90 Å². The summed E-state index contributed by atoms with van der Waals surface area (Å²) in [4.78, 5) is 11.9. The maximum Gasteiger partial charge on any atom is 0.230 e. The number of nitrogens with one attached hydrogen (secondary N) is 1. The monoisotopic (exact) mass is 405 g/mol. The van der Waals surface area contributed by atoms with E-state index in [1.54, 1.807) is 18.2 Å². The summed E-state index contributed by atoms with van der Waals surface area (Å²) in [7, 11) is 3.07. The van der Waals surface area contributed by atoms with Gasteiger partial charge in [-0.1, -0.05) is 35.9 Å². The standard InChI is InChI=1S/C21H27NO5S/c1-15-7-9-16(10-8-15)13-28-14-20(24)22-11-17(23)12-27-21-18(25-2)5-4-6-19(21)26-3/h4-10,17,23H,11-14H2,1-3H3,(H,22,24)/t17-/m1/s1. The van der Waals surface area contributed by atoms with Gasteiger partial charge in [0.05, 0.1) is 20.0 Å². The second-order valence-electron chi connectivity index (χ2n) is 6.24. The van der Waals surface area contributed by atoms with Crippen LogP contribution in [0.25, 0.3) is 0 Å². The van der Waals surface area contributed by atoms with Crippen molar-refractivity contribution in [3.63, 3.8) is 0 Å². The summed E-state index contributed by atoms with van der Waals surface area (Å²) in [5.41, 5.74) is 2.40. The number of carbonyl (C=O) groups excluding carboxylic acids is 1. The Morgan fingerprint density at radius 2 is 1.75 bits per heavy atom. The fourth-order valence-electron chi connectivity index (χ4n) is 2.43. The van der Waals surface area contributed by atoms with Gasteiger partial charge in [0.25, 0.3) is 0 Å². The van der Waals surface area contributed by atoms with Gasteiger partial charge in [-0.2, -0.15) is 0 Å². The molecule has 2 N–H and O–H groups in total. The summed E-state index contributed by atoms with van der Waals surface area (Å²) < 4.78 is 16.1. The molecule has 0 radical (unpaired) electrons. The third-order valence-electron chi connectivity index (χ3n) is 3.96. The summed E-state index contributed by atoms with van der Waals surface area (Å²) >= 11 is 1.53.